The van der Waals surface area contributed by atoms with Gasteiger partial charge in [-0.2, -0.15) is 5.26 Å². The minimum absolute atomic E-state index is 0.0924. The van der Waals surface area contributed by atoms with Crippen LogP contribution in [-0.4, -0.2) is 36.0 Å². The van der Waals surface area contributed by atoms with Gasteiger partial charge in [0.25, 0.3) is 0 Å². The maximum Gasteiger partial charge on any atom is 0.494 e. The first-order chi connectivity index (χ1) is 13.0. The van der Waals surface area contributed by atoms with Crippen molar-refractivity contribution < 1.29 is 18.8 Å². The van der Waals surface area contributed by atoms with Crippen LogP contribution in [0.15, 0.2) is 24.4 Å². The number of carbonyl (C=O) groups excluding carboxylic acids is 1. The number of nitrogens with zero attached hydrogens (tertiary/aromatic N) is 2. The zero-order chi connectivity index (χ0) is 20.9. The Hall–Kier alpha value is -2.76. The summed E-state index contributed by atoms with van der Waals surface area (Å²) in [5.41, 5.74) is 7.90. The summed E-state index contributed by atoms with van der Waals surface area (Å²) in [6, 6.07) is 7.74. The molecule has 1 aromatic heterocycles. The summed E-state index contributed by atoms with van der Waals surface area (Å²) in [6.07, 6.45) is 1.54. The Labute approximate surface area is 165 Å². The monoisotopic (exact) mass is 381 g/mol. The van der Waals surface area contributed by atoms with E-state index in [1.54, 1.807) is 4.57 Å². The third-order valence-corrected chi connectivity index (χ3v) is 5.56. The Morgan fingerprint density at radius 3 is 2.39 bits per heavy atom. The van der Waals surface area contributed by atoms with Crippen molar-refractivity contribution in [1.29, 1.82) is 5.26 Å². The van der Waals surface area contributed by atoms with E-state index < -0.39 is 24.3 Å². The van der Waals surface area contributed by atoms with Crippen LogP contribution in [0, 0.1) is 18.3 Å². The van der Waals surface area contributed by atoms with Crippen molar-refractivity contribution >= 4 is 24.2 Å². The predicted molar refractivity (Wildman–Crippen MR) is 107 cm³/mol. The van der Waals surface area contributed by atoms with E-state index in [-0.39, 0.29) is 16.9 Å². The molecule has 0 atom stereocenters. The van der Waals surface area contributed by atoms with E-state index >= 15 is 0 Å². The van der Waals surface area contributed by atoms with E-state index in [1.165, 1.54) is 13.3 Å². The molecule has 0 unspecified atom stereocenters. The minimum atomic E-state index is -0.612. The van der Waals surface area contributed by atoms with Crippen molar-refractivity contribution in [2.75, 3.05) is 12.8 Å². The maximum atomic E-state index is 12.3. The highest BCUT2D eigenvalue weighted by Crippen LogP contribution is 2.36. The number of hydrogen-bond acceptors (Lipinski definition) is 6. The standard InChI is InChI=1S/C20H24BN3O4/c1-12-7-8-14(21-27-19(2,3)20(4,5)28-21)9-15(12)24-11-13(10-22)16(23)17(24)18(25)26-6/h7-9,11H,23H2,1-6H3. The first kappa shape index (κ1) is 20.0. The molecule has 1 aromatic carbocycles. The van der Waals surface area contributed by atoms with Gasteiger partial charge in [0.05, 0.1) is 29.6 Å². The van der Waals surface area contributed by atoms with Crippen molar-refractivity contribution in [2.24, 2.45) is 0 Å². The van der Waals surface area contributed by atoms with Gasteiger partial charge in [0.1, 0.15) is 6.07 Å². The normalized spacial score (nSPS) is 17.4. The molecule has 2 N–H and O–H groups in total. The molecule has 8 heteroatoms. The van der Waals surface area contributed by atoms with E-state index in [1.807, 2.05) is 58.9 Å². The lowest BCUT2D eigenvalue weighted by molar-refractivity contribution is 0.00578. The van der Waals surface area contributed by atoms with Crippen LogP contribution in [0.3, 0.4) is 0 Å². The van der Waals surface area contributed by atoms with Crippen LogP contribution in [0.25, 0.3) is 5.69 Å². The van der Waals surface area contributed by atoms with Crippen LogP contribution in [0.1, 0.15) is 49.3 Å². The molecule has 0 aliphatic carbocycles. The van der Waals surface area contributed by atoms with E-state index in [4.69, 9.17) is 19.8 Å². The fourth-order valence-corrected chi connectivity index (χ4v) is 3.12. The molecular weight excluding hydrogens is 357 g/mol. The fraction of sp³-hybridized carbons (Fsp3) is 0.400. The van der Waals surface area contributed by atoms with Crippen molar-refractivity contribution in [3.05, 3.63) is 41.2 Å². The molecule has 1 fully saturated rings. The van der Waals surface area contributed by atoms with Crippen LogP contribution in [0.5, 0.6) is 0 Å². The molecule has 7 nitrogen and oxygen atoms in total. The van der Waals surface area contributed by atoms with Gasteiger partial charge in [-0.3, -0.25) is 0 Å². The fourth-order valence-electron chi connectivity index (χ4n) is 3.12. The second-order valence-electron chi connectivity index (χ2n) is 7.91. The highest BCUT2D eigenvalue weighted by atomic mass is 16.7. The molecule has 28 heavy (non-hydrogen) atoms. The summed E-state index contributed by atoms with van der Waals surface area (Å²) in [4.78, 5) is 12.3. The highest BCUT2D eigenvalue weighted by Gasteiger charge is 2.51. The van der Waals surface area contributed by atoms with Crippen molar-refractivity contribution in [3.63, 3.8) is 0 Å². The number of aromatic nitrogens is 1. The topological polar surface area (TPSA) is 99.5 Å². The Bertz CT molecular complexity index is 972. The van der Waals surface area contributed by atoms with E-state index in [0.29, 0.717) is 5.69 Å². The number of methoxy groups -OCH3 is 1. The summed E-state index contributed by atoms with van der Waals surface area (Å²) in [5, 5.41) is 9.33. The number of hydrogen-bond donors (Lipinski definition) is 1. The van der Waals surface area contributed by atoms with Gasteiger partial charge < -0.3 is 24.3 Å². The molecule has 1 aliphatic heterocycles. The lowest BCUT2D eigenvalue weighted by Gasteiger charge is -2.32. The molecule has 1 aliphatic rings. The molecule has 3 rings (SSSR count). The number of benzene rings is 1. The molecule has 2 aromatic rings. The van der Waals surface area contributed by atoms with E-state index in [9.17, 15) is 10.1 Å². The Morgan fingerprint density at radius 1 is 1.25 bits per heavy atom. The van der Waals surface area contributed by atoms with Crippen molar-refractivity contribution in [1.82, 2.24) is 4.57 Å². The number of anilines is 1. The largest absolute Gasteiger partial charge is 0.494 e. The van der Waals surface area contributed by atoms with Crippen molar-refractivity contribution in [3.8, 4) is 11.8 Å². The molecule has 0 spiro atoms. The van der Waals surface area contributed by atoms with Gasteiger partial charge in [-0.1, -0.05) is 12.1 Å². The molecule has 0 radical (unpaired) electrons. The van der Waals surface area contributed by atoms with Gasteiger partial charge in [0, 0.05) is 11.9 Å². The quantitative estimate of drug-likeness (QED) is 0.647. The molecule has 0 bridgehead atoms. The van der Waals surface area contributed by atoms with Gasteiger partial charge in [-0.15, -0.1) is 0 Å². The lowest BCUT2D eigenvalue weighted by atomic mass is 9.78. The van der Waals surface area contributed by atoms with Gasteiger partial charge in [-0.05, 0) is 51.7 Å². The maximum absolute atomic E-state index is 12.3. The van der Waals surface area contributed by atoms with Crippen LogP contribution in [0.4, 0.5) is 5.69 Å². The average molecular weight is 381 g/mol. The summed E-state index contributed by atoms with van der Waals surface area (Å²) in [5.74, 6) is -0.612. The zero-order valence-electron chi connectivity index (χ0n) is 17.0. The Balaban J connectivity index is 2.12. The molecule has 146 valence electrons. The number of aryl methyl sites for hydroxylation is 1. The number of esters is 1. The third-order valence-electron chi connectivity index (χ3n) is 5.56. The first-order valence-corrected chi connectivity index (χ1v) is 8.98. The Kier molecular flexibility index (Phi) is 4.78. The van der Waals surface area contributed by atoms with Gasteiger partial charge in [-0.25, -0.2) is 4.79 Å². The molecule has 2 heterocycles. The smallest absolute Gasteiger partial charge is 0.464 e. The minimum Gasteiger partial charge on any atom is -0.464 e. The third kappa shape index (κ3) is 3.07. The second kappa shape index (κ2) is 6.69. The van der Waals surface area contributed by atoms with E-state index in [0.717, 1.165) is 11.0 Å². The Morgan fingerprint density at radius 2 is 1.86 bits per heavy atom. The summed E-state index contributed by atoms with van der Waals surface area (Å²) in [6.45, 7) is 9.87. The van der Waals surface area contributed by atoms with E-state index in [2.05, 4.69) is 0 Å². The number of ether oxygens (including phenoxy) is 1. The number of nitrogen functional groups attached to an aromatic ring is 1. The first-order valence-electron chi connectivity index (χ1n) is 8.98. The summed E-state index contributed by atoms with van der Waals surface area (Å²) >= 11 is 0. The van der Waals surface area contributed by atoms with Crippen LogP contribution >= 0.6 is 0 Å². The van der Waals surface area contributed by atoms with Gasteiger partial charge in [0.2, 0.25) is 0 Å². The lowest BCUT2D eigenvalue weighted by Crippen LogP contribution is -2.41. The molecular formula is C20H24BN3O4. The summed E-state index contributed by atoms with van der Waals surface area (Å²) in [7, 11) is 0.730. The molecule has 0 amide bonds. The SMILES string of the molecule is COC(=O)c1c(N)c(C#N)cn1-c1cc(B2OC(C)(C)C(C)(C)O2)ccc1C. The predicted octanol–water partition coefficient (Wildman–Crippen LogP) is 2.33. The zero-order valence-corrected chi connectivity index (χ0v) is 17.0. The van der Waals surface area contributed by atoms with Crippen LogP contribution in [-0.2, 0) is 14.0 Å². The number of carbonyl (C=O) groups is 1. The van der Waals surface area contributed by atoms with Gasteiger partial charge >= 0.3 is 13.1 Å². The average Bonchev–Trinajstić information content (AvgIpc) is 3.07. The number of rotatable bonds is 3. The molecule has 1 saturated heterocycles. The number of nitrogens with two attached hydrogens (primary N) is 1. The summed E-state index contributed by atoms with van der Waals surface area (Å²) < 4.78 is 18.7. The number of nitriles is 1. The highest BCUT2D eigenvalue weighted by molar-refractivity contribution is 6.62. The van der Waals surface area contributed by atoms with Crippen molar-refractivity contribution in [2.45, 2.75) is 45.8 Å². The van der Waals surface area contributed by atoms with Gasteiger partial charge in [0.15, 0.2) is 5.69 Å². The molecule has 0 saturated carbocycles. The second-order valence-corrected chi connectivity index (χ2v) is 7.91. The van der Waals surface area contributed by atoms with Crippen LogP contribution in [0.2, 0.25) is 0 Å². The van der Waals surface area contributed by atoms with Crippen LogP contribution < -0.4 is 11.2 Å².